The molecule has 0 spiro atoms. The maximum Gasteiger partial charge on any atom is 0.252 e. The fourth-order valence-electron chi connectivity index (χ4n) is 2.08. The normalized spacial score (nSPS) is 18.7. The quantitative estimate of drug-likeness (QED) is 0.802. The zero-order valence-corrected chi connectivity index (χ0v) is 14.2. The second-order valence-electron chi connectivity index (χ2n) is 4.48. The number of Topliss-reactive ketones (excluding diaryl/α,β-unsaturated/α-hetero) is 1. The Morgan fingerprint density at radius 3 is 2.47 bits per heavy atom. The van der Waals surface area contributed by atoms with Crippen molar-refractivity contribution in [2.24, 2.45) is 5.92 Å². The number of piperidine rings is 1. The topological polar surface area (TPSA) is 54.5 Å². The van der Waals surface area contributed by atoms with E-state index in [4.69, 9.17) is 11.6 Å². The zero-order valence-electron chi connectivity index (χ0n) is 10.2. The highest BCUT2D eigenvalue weighted by atomic mass is 79.9. The molecule has 1 fully saturated rings. The lowest BCUT2D eigenvalue weighted by molar-refractivity contribution is -0.121. The molecule has 1 aliphatic heterocycles. The predicted molar refractivity (Wildman–Crippen MR) is 79.2 cm³/mol. The van der Waals surface area contributed by atoms with Gasteiger partial charge in [-0.2, -0.15) is 4.31 Å². The van der Waals surface area contributed by atoms with Crippen LogP contribution in [-0.4, -0.2) is 31.6 Å². The van der Waals surface area contributed by atoms with Gasteiger partial charge in [-0.15, -0.1) is 11.3 Å². The first kappa shape index (κ1) is 15.4. The predicted octanol–water partition coefficient (Wildman–Crippen LogP) is 3.15. The number of hydrogen-bond acceptors (Lipinski definition) is 4. The fraction of sp³-hybridized carbons (Fsp3) is 0.545. The molecule has 4 nitrogen and oxygen atoms in total. The van der Waals surface area contributed by atoms with Crippen LogP contribution in [0.15, 0.2) is 14.1 Å². The number of sulfonamides is 1. The summed E-state index contributed by atoms with van der Waals surface area (Å²) in [5.74, 6) is 0.129. The van der Waals surface area contributed by atoms with Crippen molar-refractivity contribution >= 4 is 54.7 Å². The first-order valence-electron chi connectivity index (χ1n) is 5.78. The molecule has 106 valence electrons. The number of halogens is 2. The van der Waals surface area contributed by atoms with Crippen LogP contribution in [0.5, 0.6) is 0 Å². The van der Waals surface area contributed by atoms with Gasteiger partial charge in [0.25, 0.3) is 10.0 Å². The van der Waals surface area contributed by atoms with E-state index in [0.717, 1.165) is 11.3 Å². The molecule has 0 aliphatic carbocycles. The van der Waals surface area contributed by atoms with E-state index in [2.05, 4.69) is 15.9 Å². The summed E-state index contributed by atoms with van der Waals surface area (Å²) in [4.78, 5) is 11.3. The van der Waals surface area contributed by atoms with Crippen LogP contribution in [0, 0.1) is 5.92 Å². The molecule has 0 unspecified atom stereocenters. The molecular formula is C11H13BrClNO3S2. The van der Waals surface area contributed by atoms with Crippen molar-refractivity contribution in [3.8, 4) is 0 Å². The third-order valence-corrected chi connectivity index (χ3v) is 8.07. The second-order valence-corrected chi connectivity index (χ2v) is 9.42. The van der Waals surface area contributed by atoms with Crippen molar-refractivity contribution < 1.29 is 13.2 Å². The maximum absolute atomic E-state index is 12.4. The summed E-state index contributed by atoms with van der Waals surface area (Å²) in [5.41, 5.74) is 0. The monoisotopic (exact) mass is 385 g/mol. The Hall–Kier alpha value is 0.0500. The van der Waals surface area contributed by atoms with Gasteiger partial charge in [0.15, 0.2) is 0 Å². The van der Waals surface area contributed by atoms with E-state index in [1.54, 1.807) is 6.92 Å². The van der Waals surface area contributed by atoms with Crippen LogP contribution >= 0.6 is 38.9 Å². The van der Waals surface area contributed by atoms with E-state index < -0.39 is 10.0 Å². The van der Waals surface area contributed by atoms with Gasteiger partial charge in [0.05, 0.1) is 8.81 Å². The number of carbonyl (C=O) groups excluding carboxylic acids is 1. The maximum atomic E-state index is 12.4. The molecule has 1 aromatic heterocycles. The van der Waals surface area contributed by atoms with Crippen molar-refractivity contribution in [3.05, 3.63) is 14.9 Å². The molecule has 2 rings (SSSR count). The molecule has 0 radical (unpaired) electrons. The van der Waals surface area contributed by atoms with E-state index in [1.165, 1.54) is 10.4 Å². The summed E-state index contributed by atoms with van der Waals surface area (Å²) in [6, 6.07) is 1.46. The fourth-order valence-corrected chi connectivity index (χ4v) is 6.11. The van der Waals surface area contributed by atoms with Gasteiger partial charge in [-0.05, 0) is 41.8 Å². The molecule has 0 saturated carbocycles. The average molecular weight is 387 g/mol. The lowest BCUT2D eigenvalue weighted by atomic mass is 9.95. The molecular weight excluding hydrogens is 374 g/mol. The van der Waals surface area contributed by atoms with Crippen LogP contribution < -0.4 is 0 Å². The van der Waals surface area contributed by atoms with Crippen molar-refractivity contribution in [3.63, 3.8) is 0 Å². The van der Waals surface area contributed by atoms with E-state index in [9.17, 15) is 13.2 Å². The molecule has 1 aliphatic rings. The Bertz CT molecular complexity index is 572. The SMILES string of the molecule is CC(=O)C1CCN(S(=O)(=O)c2cc(Cl)c(Br)s2)CC1. The Kier molecular flexibility index (Phi) is 4.72. The van der Waals surface area contributed by atoms with Gasteiger partial charge >= 0.3 is 0 Å². The van der Waals surface area contributed by atoms with Crippen LogP contribution in [0.4, 0.5) is 0 Å². The Labute approximate surface area is 129 Å². The molecule has 0 amide bonds. The number of nitrogens with zero attached hydrogens (tertiary/aromatic N) is 1. The van der Waals surface area contributed by atoms with E-state index in [-0.39, 0.29) is 15.9 Å². The van der Waals surface area contributed by atoms with E-state index in [1.807, 2.05) is 0 Å². The minimum Gasteiger partial charge on any atom is -0.300 e. The molecule has 19 heavy (non-hydrogen) atoms. The lowest BCUT2D eigenvalue weighted by Crippen LogP contribution is -2.39. The largest absolute Gasteiger partial charge is 0.300 e. The summed E-state index contributed by atoms with van der Waals surface area (Å²) in [6.45, 7) is 2.34. The van der Waals surface area contributed by atoms with Crippen molar-refractivity contribution in [1.29, 1.82) is 0 Å². The summed E-state index contributed by atoms with van der Waals surface area (Å²) in [7, 11) is -3.49. The first-order chi connectivity index (χ1) is 8.82. The van der Waals surface area contributed by atoms with Gasteiger partial charge in [-0.1, -0.05) is 11.6 Å². The molecule has 8 heteroatoms. The molecule has 0 N–H and O–H groups in total. The zero-order chi connectivity index (χ0) is 14.2. The number of hydrogen-bond donors (Lipinski definition) is 0. The van der Waals surface area contributed by atoms with Crippen LogP contribution in [-0.2, 0) is 14.8 Å². The van der Waals surface area contributed by atoms with Gasteiger partial charge < -0.3 is 0 Å². The Morgan fingerprint density at radius 2 is 2.05 bits per heavy atom. The van der Waals surface area contributed by atoms with Crippen LogP contribution in [0.25, 0.3) is 0 Å². The lowest BCUT2D eigenvalue weighted by Gasteiger charge is -2.29. The van der Waals surface area contributed by atoms with Crippen molar-refractivity contribution in [2.75, 3.05) is 13.1 Å². The summed E-state index contributed by atoms with van der Waals surface area (Å²) in [5, 5.41) is 0.405. The van der Waals surface area contributed by atoms with Crippen LogP contribution in [0.1, 0.15) is 19.8 Å². The molecule has 0 aromatic carbocycles. The average Bonchev–Trinajstić information content (AvgIpc) is 2.70. The summed E-state index contributed by atoms with van der Waals surface area (Å²) < 4.78 is 27.1. The van der Waals surface area contributed by atoms with Crippen molar-refractivity contribution in [1.82, 2.24) is 4.31 Å². The highest BCUT2D eigenvalue weighted by Gasteiger charge is 2.32. The van der Waals surface area contributed by atoms with E-state index >= 15 is 0 Å². The van der Waals surface area contributed by atoms with Gasteiger partial charge in [0.2, 0.25) is 0 Å². The standard InChI is InChI=1S/C11H13BrClNO3S2/c1-7(15)8-2-4-14(5-3-8)19(16,17)10-6-9(13)11(12)18-10/h6,8H,2-5H2,1H3. The first-order valence-corrected chi connectivity index (χ1v) is 9.20. The van der Waals surface area contributed by atoms with E-state index in [0.29, 0.717) is 34.7 Å². The number of carbonyl (C=O) groups is 1. The number of ketones is 1. The molecule has 0 atom stereocenters. The molecule has 2 heterocycles. The second kappa shape index (κ2) is 5.81. The Balaban J connectivity index is 2.16. The third kappa shape index (κ3) is 3.21. The molecule has 0 bridgehead atoms. The number of thiophene rings is 1. The molecule has 1 aromatic rings. The van der Waals surface area contributed by atoms with Gasteiger partial charge in [0.1, 0.15) is 9.99 Å². The van der Waals surface area contributed by atoms with Gasteiger partial charge in [-0.25, -0.2) is 8.42 Å². The highest BCUT2D eigenvalue weighted by Crippen LogP contribution is 2.36. The minimum atomic E-state index is -3.49. The Morgan fingerprint density at radius 1 is 1.47 bits per heavy atom. The van der Waals surface area contributed by atoms with Crippen LogP contribution in [0.2, 0.25) is 5.02 Å². The minimum absolute atomic E-state index is 0.00916. The smallest absolute Gasteiger partial charge is 0.252 e. The summed E-state index contributed by atoms with van der Waals surface area (Å²) >= 11 is 10.2. The van der Waals surface area contributed by atoms with Gasteiger partial charge in [-0.3, -0.25) is 4.79 Å². The van der Waals surface area contributed by atoms with Crippen LogP contribution in [0.3, 0.4) is 0 Å². The molecule has 1 saturated heterocycles. The highest BCUT2D eigenvalue weighted by molar-refractivity contribution is 9.11. The third-order valence-electron chi connectivity index (χ3n) is 3.25. The van der Waals surface area contributed by atoms with Crippen molar-refractivity contribution in [2.45, 2.75) is 24.0 Å². The summed E-state index contributed by atoms with van der Waals surface area (Å²) in [6.07, 6.45) is 1.18. The van der Waals surface area contributed by atoms with Gasteiger partial charge in [0, 0.05) is 19.0 Å². The number of rotatable bonds is 3.